The molecule has 0 saturated heterocycles. The average molecular weight is 463 g/mol. The Morgan fingerprint density at radius 3 is 2.59 bits per heavy atom. The van der Waals surface area contributed by atoms with Gasteiger partial charge in [0.25, 0.3) is 0 Å². The van der Waals surface area contributed by atoms with E-state index in [0.29, 0.717) is 18.8 Å². The number of fused-ring (bicyclic) bond motifs is 1. The fourth-order valence-electron chi connectivity index (χ4n) is 4.01. The van der Waals surface area contributed by atoms with E-state index in [1.807, 2.05) is 36.5 Å². The van der Waals surface area contributed by atoms with Crippen molar-refractivity contribution in [2.24, 2.45) is 11.1 Å². The van der Waals surface area contributed by atoms with Gasteiger partial charge in [0.2, 0.25) is 5.91 Å². The Bertz CT molecular complexity index is 1250. The Morgan fingerprint density at radius 2 is 1.91 bits per heavy atom. The van der Waals surface area contributed by atoms with Crippen molar-refractivity contribution in [1.29, 1.82) is 0 Å². The molecule has 3 heterocycles. The Balaban J connectivity index is 1.77. The third-order valence-electron chi connectivity index (χ3n) is 5.74. The second kappa shape index (κ2) is 9.10. The highest BCUT2D eigenvalue weighted by molar-refractivity contribution is 5.86. The highest BCUT2D eigenvalue weighted by Gasteiger charge is 2.30. The van der Waals surface area contributed by atoms with Gasteiger partial charge in [0.1, 0.15) is 11.6 Å². The van der Waals surface area contributed by atoms with Crippen LogP contribution in [0.3, 0.4) is 0 Å². The monoisotopic (exact) mass is 462 g/mol. The molecule has 0 aliphatic rings. The minimum Gasteiger partial charge on any atom is -0.467 e. The second-order valence-corrected chi connectivity index (χ2v) is 10.7. The van der Waals surface area contributed by atoms with Gasteiger partial charge in [-0.15, -0.1) is 10.2 Å². The summed E-state index contributed by atoms with van der Waals surface area (Å²) in [7, 11) is 0. The Labute approximate surface area is 199 Å². The quantitative estimate of drug-likeness (QED) is 0.364. The topological polar surface area (TPSA) is 115 Å². The van der Waals surface area contributed by atoms with E-state index in [0.717, 1.165) is 34.5 Å². The van der Waals surface area contributed by atoms with Crippen molar-refractivity contribution < 1.29 is 9.21 Å². The van der Waals surface area contributed by atoms with Crippen molar-refractivity contribution in [1.82, 2.24) is 25.1 Å². The second-order valence-electron chi connectivity index (χ2n) is 10.7. The number of carbonyl (C=O) groups excluding carboxylic acids is 1. The smallest absolute Gasteiger partial charge is 0.240 e. The summed E-state index contributed by atoms with van der Waals surface area (Å²) in [6, 6.07) is 11.5. The molecule has 0 fully saturated rings. The molecule has 34 heavy (non-hydrogen) atoms. The number of nitrogens with zero attached hydrogens (tertiary/aromatic N) is 3. The van der Waals surface area contributed by atoms with Crippen molar-refractivity contribution in [3.63, 3.8) is 0 Å². The van der Waals surface area contributed by atoms with Crippen LogP contribution in [0.25, 0.3) is 10.9 Å². The maximum atomic E-state index is 13.0. The van der Waals surface area contributed by atoms with Crippen LogP contribution in [0.1, 0.15) is 63.6 Å². The normalized spacial score (nSPS) is 13.4. The van der Waals surface area contributed by atoms with Crippen LogP contribution in [0, 0.1) is 5.41 Å². The number of furan rings is 1. The number of aromatic amines is 1. The summed E-state index contributed by atoms with van der Waals surface area (Å²) in [4.78, 5) is 16.3. The molecule has 0 spiro atoms. The number of nitrogens with two attached hydrogens (primary N) is 1. The summed E-state index contributed by atoms with van der Waals surface area (Å²) in [5.74, 6) is 2.08. The van der Waals surface area contributed by atoms with Gasteiger partial charge in [0.15, 0.2) is 5.82 Å². The molecule has 8 heteroatoms. The molecule has 1 amide bonds. The Morgan fingerprint density at radius 1 is 1.15 bits per heavy atom. The summed E-state index contributed by atoms with van der Waals surface area (Å²) >= 11 is 0. The molecule has 180 valence electrons. The lowest BCUT2D eigenvalue weighted by Gasteiger charge is -2.25. The minimum absolute atomic E-state index is 0.0139. The van der Waals surface area contributed by atoms with Crippen LogP contribution >= 0.6 is 0 Å². The van der Waals surface area contributed by atoms with Crippen molar-refractivity contribution in [2.45, 2.75) is 65.6 Å². The first-order chi connectivity index (χ1) is 16.0. The lowest BCUT2D eigenvalue weighted by Crippen LogP contribution is -2.50. The molecule has 1 aromatic carbocycles. The van der Waals surface area contributed by atoms with Crippen LogP contribution in [0.5, 0.6) is 0 Å². The van der Waals surface area contributed by atoms with Crippen molar-refractivity contribution in [2.75, 3.05) is 0 Å². The third-order valence-corrected chi connectivity index (χ3v) is 5.74. The number of carbonyl (C=O) groups is 1. The molecule has 4 aromatic rings. The number of benzene rings is 1. The lowest BCUT2D eigenvalue weighted by atomic mass is 9.92. The number of hydrogen-bond acceptors (Lipinski definition) is 5. The molecule has 0 bridgehead atoms. The van der Waals surface area contributed by atoms with Crippen LogP contribution in [0.15, 0.2) is 53.3 Å². The number of para-hydroxylation sites is 1. The number of hydrogen-bond donors (Lipinski definition) is 3. The van der Waals surface area contributed by atoms with Gasteiger partial charge in [-0.05, 0) is 43.0 Å². The minimum atomic E-state index is -1.03. The largest absolute Gasteiger partial charge is 0.467 e. The van der Waals surface area contributed by atoms with E-state index >= 15 is 0 Å². The number of amides is 1. The predicted octanol–water partition coefficient (Wildman–Crippen LogP) is 4.13. The SMILES string of the molecule is CC(C)(C)Cc1nnc([C@@H](Cc2c[nH]c3ccccc23)NC(=O)C(C)(C)N)n1Cc1ccco1. The van der Waals surface area contributed by atoms with Crippen LogP contribution in [0.2, 0.25) is 0 Å². The highest BCUT2D eigenvalue weighted by atomic mass is 16.3. The maximum absolute atomic E-state index is 13.0. The number of H-pyrrole nitrogens is 1. The van der Waals surface area contributed by atoms with Crippen LogP contribution in [0.4, 0.5) is 0 Å². The van der Waals surface area contributed by atoms with Crippen molar-refractivity contribution in [3.8, 4) is 0 Å². The van der Waals surface area contributed by atoms with Gasteiger partial charge in [0, 0.05) is 29.9 Å². The average Bonchev–Trinajstić information content (AvgIpc) is 3.48. The molecule has 0 unspecified atom stereocenters. The summed E-state index contributed by atoms with van der Waals surface area (Å²) in [5, 5.41) is 13.4. The van der Waals surface area contributed by atoms with E-state index in [1.165, 1.54) is 0 Å². The number of rotatable bonds is 8. The van der Waals surface area contributed by atoms with Gasteiger partial charge in [-0.1, -0.05) is 39.0 Å². The molecular formula is C26H34N6O2. The van der Waals surface area contributed by atoms with Gasteiger partial charge in [-0.2, -0.15) is 0 Å². The summed E-state index contributed by atoms with van der Waals surface area (Å²) < 4.78 is 7.70. The lowest BCUT2D eigenvalue weighted by molar-refractivity contribution is -0.126. The first-order valence-electron chi connectivity index (χ1n) is 11.6. The zero-order valence-corrected chi connectivity index (χ0v) is 20.6. The Kier molecular flexibility index (Phi) is 6.36. The Hall–Kier alpha value is -3.39. The van der Waals surface area contributed by atoms with E-state index in [4.69, 9.17) is 10.2 Å². The van der Waals surface area contributed by atoms with E-state index in [2.05, 4.69) is 51.9 Å². The third kappa shape index (κ3) is 5.39. The molecular weight excluding hydrogens is 428 g/mol. The summed E-state index contributed by atoms with van der Waals surface area (Å²) in [6.45, 7) is 10.4. The van der Waals surface area contributed by atoms with E-state index < -0.39 is 11.6 Å². The van der Waals surface area contributed by atoms with Crippen LogP contribution < -0.4 is 11.1 Å². The van der Waals surface area contributed by atoms with Crippen LogP contribution in [-0.4, -0.2) is 31.2 Å². The van der Waals surface area contributed by atoms with Crippen molar-refractivity contribution in [3.05, 3.63) is 71.8 Å². The molecule has 0 radical (unpaired) electrons. The predicted molar refractivity (Wildman–Crippen MR) is 132 cm³/mol. The van der Waals surface area contributed by atoms with E-state index in [1.54, 1.807) is 20.1 Å². The molecule has 0 aliphatic carbocycles. The molecule has 8 nitrogen and oxygen atoms in total. The van der Waals surface area contributed by atoms with Gasteiger partial charge >= 0.3 is 0 Å². The molecule has 4 rings (SSSR count). The summed E-state index contributed by atoms with van der Waals surface area (Å²) in [5.41, 5.74) is 7.25. The highest BCUT2D eigenvalue weighted by Crippen LogP contribution is 2.27. The van der Waals surface area contributed by atoms with Crippen LogP contribution in [-0.2, 0) is 24.2 Å². The molecule has 0 aliphatic heterocycles. The number of nitrogens with one attached hydrogen (secondary N) is 2. The molecule has 1 atom stereocenters. The maximum Gasteiger partial charge on any atom is 0.240 e. The fraction of sp³-hybridized carbons (Fsp3) is 0.423. The van der Waals surface area contributed by atoms with E-state index in [9.17, 15) is 4.79 Å². The standard InChI is InChI=1S/C26H34N6O2/c1-25(2,3)14-22-30-31-23(32(22)16-18-9-8-12-34-18)21(29-24(33)26(4,5)27)13-17-15-28-20-11-7-6-10-19(17)20/h6-12,15,21,28H,13-14,16,27H2,1-5H3,(H,29,33)/t21-/m1/s1. The zero-order valence-electron chi connectivity index (χ0n) is 20.6. The van der Waals surface area contributed by atoms with Crippen molar-refractivity contribution >= 4 is 16.8 Å². The summed E-state index contributed by atoms with van der Waals surface area (Å²) in [6.07, 6.45) is 4.92. The molecule has 0 saturated carbocycles. The van der Waals surface area contributed by atoms with Gasteiger partial charge < -0.3 is 25.0 Å². The molecule has 3 aromatic heterocycles. The fourth-order valence-corrected chi connectivity index (χ4v) is 4.01. The van der Waals surface area contributed by atoms with E-state index in [-0.39, 0.29) is 11.3 Å². The van der Waals surface area contributed by atoms with Gasteiger partial charge in [-0.3, -0.25) is 4.79 Å². The van der Waals surface area contributed by atoms with Gasteiger partial charge in [-0.25, -0.2) is 0 Å². The van der Waals surface area contributed by atoms with Gasteiger partial charge in [0.05, 0.1) is 24.4 Å². The first kappa shape index (κ1) is 23.8. The first-order valence-corrected chi connectivity index (χ1v) is 11.6. The zero-order chi connectivity index (χ0) is 24.5. The number of aromatic nitrogens is 4. The molecule has 4 N–H and O–H groups in total.